The van der Waals surface area contributed by atoms with Gasteiger partial charge in [-0.25, -0.2) is 0 Å². The molecule has 0 spiro atoms. The number of hydrogen-bond acceptors (Lipinski definition) is 4. The second-order valence-electron chi connectivity index (χ2n) is 6.45. The summed E-state index contributed by atoms with van der Waals surface area (Å²) < 4.78 is 5.68. The van der Waals surface area contributed by atoms with Gasteiger partial charge in [0.1, 0.15) is 5.76 Å². The van der Waals surface area contributed by atoms with Crippen LogP contribution >= 0.6 is 24.0 Å². The fourth-order valence-electron chi connectivity index (χ4n) is 3.31. The third-order valence-electron chi connectivity index (χ3n) is 4.83. The van der Waals surface area contributed by atoms with Crippen LogP contribution in [0.15, 0.2) is 27.8 Å². The molecule has 0 bridgehead atoms. The molecule has 1 aromatic heterocycles. The molecule has 0 aromatic carbocycles. The highest BCUT2D eigenvalue weighted by Crippen LogP contribution is 2.25. The molecule has 1 atom stereocenters. The zero-order chi connectivity index (χ0) is 17.9. The Balaban J connectivity index is 0.00000338. The van der Waals surface area contributed by atoms with Crippen molar-refractivity contribution in [2.24, 2.45) is 4.99 Å². The van der Waals surface area contributed by atoms with E-state index in [1.807, 2.05) is 6.07 Å². The van der Waals surface area contributed by atoms with Crippen molar-refractivity contribution in [3.05, 3.63) is 24.2 Å². The summed E-state index contributed by atoms with van der Waals surface area (Å²) in [5.41, 5.74) is 0. The van der Waals surface area contributed by atoms with Gasteiger partial charge in [-0.2, -0.15) is 0 Å². The van der Waals surface area contributed by atoms with Crippen molar-refractivity contribution < 1.29 is 4.42 Å². The fraction of sp³-hybridized carbons (Fsp3) is 0.737. The van der Waals surface area contributed by atoms with Gasteiger partial charge in [-0.15, -0.1) is 24.0 Å². The summed E-state index contributed by atoms with van der Waals surface area (Å²) >= 11 is 0. The Morgan fingerprint density at radius 3 is 2.54 bits per heavy atom. The minimum atomic E-state index is 0. The van der Waals surface area contributed by atoms with Crippen molar-refractivity contribution >= 4 is 29.9 Å². The van der Waals surface area contributed by atoms with Crippen LogP contribution in [0.5, 0.6) is 0 Å². The Morgan fingerprint density at radius 1 is 1.23 bits per heavy atom. The molecular weight excluding hydrogens is 441 g/mol. The predicted molar refractivity (Wildman–Crippen MR) is 119 cm³/mol. The van der Waals surface area contributed by atoms with Gasteiger partial charge in [0.15, 0.2) is 5.96 Å². The van der Waals surface area contributed by atoms with Gasteiger partial charge < -0.3 is 20.0 Å². The number of furan rings is 1. The number of guanidine groups is 1. The first-order valence-electron chi connectivity index (χ1n) is 9.80. The molecule has 1 saturated heterocycles. The quantitative estimate of drug-likeness (QED) is 0.309. The van der Waals surface area contributed by atoms with Crippen molar-refractivity contribution in [3.63, 3.8) is 0 Å². The average molecular weight is 477 g/mol. The van der Waals surface area contributed by atoms with E-state index in [1.165, 1.54) is 12.8 Å². The third-order valence-corrected chi connectivity index (χ3v) is 4.83. The SMILES string of the molecule is CCNC(=NCC(c1ccco1)N1CCCC1)NCCN(CC)CC.I. The second-order valence-corrected chi connectivity index (χ2v) is 6.45. The molecule has 2 heterocycles. The summed E-state index contributed by atoms with van der Waals surface area (Å²) in [5, 5.41) is 6.81. The van der Waals surface area contributed by atoms with Crippen LogP contribution in [0.25, 0.3) is 0 Å². The van der Waals surface area contributed by atoms with E-state index < -0.39 is 0 Å². The molecule has 7 heteroatoms. The van der Waals surface area contributed by atoms with E-state index in [4.69, 9.17) is 9.41 Å². The number of nitrogens with zero attached hydrogens (tertiary/aromatic N) is 3. The topological polar surface area (TPSA) is 56.0 Å². The Hall–Kier alpha value is -0.800. The molecule has 6 nitrogen and oxygen atoms in total. The lowest BCUT2D eigenvalue weighted by atomic mass is 10.2. The highest BCUT2D eigenvalue weighted by atomic mass is 127. The van der Waals surface area contributed by atoms with Crippen LogP contribution in [0, 0.1) is 0 Å². The molecule has 1 fully saturated rings. The lowest BCUT2D eigenvalue weighted by Gasteiger charge is -2.25. The van der Waals surface area contributed by atoms with Crippen LogP contribution in [0.2, 0.25) is 0 Å². The summed E-state index contributed by atoms with van der Waals surface area (Å²) in [6.45, 7) is 14.5. The lowest BCUT2D eigenvalue weighted by molar-refractivity contribution is 0.221. The van der Waals surface area contributed by atoms with Crippen LogP contribution in [-0.2, 0) is 0 Å². The van der Waals surface area contributed by atoms with Crippen LogP contribution in [-0.4, -0.2) is 68.1 Å². The number of likely N-dealkylation sites (tertiary alicyclic amines) is 1. The summed E-state index contributed by atoms with van der Waals surface area (Å²) in [4.78, 5) is 9.73. The minimum absolute atomic E-state index is 0. The molecule has 0 aliphatic carbocycles. The maximum absolute atomic E-state index is 5.68. The van der Waals surface area contributed by atoms with E-state index in [0.717, 1.165) is 57.5 Å². The van der Waals surface area contributed by atoms with Gasteiger partial charge >= 0.3 is 0 Å². The van der Waals surface area contributed by atoms with Gasteiger partial charge in [0, 0.05) is 19.6 Å². The van der Waals surface area contributed by atoms with Crippen molar-refractivity contribution in [3.8, 4) is 0 Å². The summed E-state index contributed by atoms with van der Waals surface area (Å²) in [7, 11) is 0. The van der Waals surface area contributed by atoms with E-state index >= 15 is 0 Å². The molecule has 1 aromatic rings. The zero-order valence-electron chi connectivity index (χ0n) is 16.5. The lowest BCUT2D eigenvalue weighted by Crippen LogP contribution is -2.42. The fourth-order valence-corrected chi connectivity index (χ4v) is 3.31. The molecule has 0 saturated carbocycles. The van der Waals surface area contributed by atoms with E-state index in [0.29, 0.717) is 6.54 Å². The zero-order valence-corrected chi connectivity index (χ0v) is 18.9. The van der Waals surface area contributed by atoms with Gasteiger partial charge in [-0.1, -0.05) is 13.8 Å². The molecule has 1 aliphatic heterocycles. The standard InChI is InChI=1S/C19H35N5O.HI/c1-4-20-19(21-11-14-23(5-2)6-3)22-16-17(18-10-9-15-25-18)24-12-7-8-13-24;/h9-10,15,17H,4-8,11-14,16H2,1-3H3,(H2,20,21,22);1H. The van der Waals surface area contributed by atoms with Crippen LogP contribution < -0.4 is 10.6 Å². The van der Waals surface area contributed by atoms with Crippen molar-refractivity contribution in [2.75, 3.05) is 52.4 Å². The molecule has 2 N–H and O–H groups in total. The maximum atomic E-state index is 5.68. The van der Waals surface area contributed by atoms with E-state index in [2.05, 4.69) is 47.3 Å². The Bertz CT molecular complexity index is 484. The van der Waals surface area contributed by atoms with Gasteiger partial charge in [0.25, 0.3) is 0 Å². The highest BCUT2D eigenvalue weighted by molar-refractivity contribution is 14.0. The predicted octanol–water partition coefficient (Wildman–Crippen LogP) is 2.93. The first-order valence-corrected chi connectivity index (χ1v) is 9.80. The van der Waals surface area contributed by atoms with Crippen LogP contribution in [0.1, 0.15) is 45.4 Å². The van der Waals surface area contributed by atoms with E-state index in [9.17, 15) is 0 Å². The van der Waals surface area contributed by atoms with Crippen LogP contribution in [0.3, 0.4) is 0 Å². The molecule has 1 aliphatic rings. The van der Waals surface area contributed by atoms with Crippen molar-refractivity contribution in [2.45, 2.75) is 39.7 Å². The second kappa shape index (κ2) is 13.4. The first kappa shape index (κ1) is 23.2. The van der Waals surface area contributed by atoms with Crippen LogP contribution in [0.4, 0.5) is 0 Å². The number of rotatable bonds is 10. The summed E-state index contributed by atoms with van der Waals surface area (Å²) in [6.07, 6.45) is 4.29. The molecular formula is C19H36IN5O. The van der Waals surface area contributed by atoms with Gasteiger partial charge in [-0.3, -0.25) is 9.89 Å². The van der Waals surface area contributed by atoms with Crippen molar-refractivity contribution in [1.82, 2.24) is 20.4 Å². The average Bonchev–Trinajstić information content (AvgIpc) is 3.33. The molecule has 26 heavy (non-hydrogen) atoms. The molecule has 150 valence electrons. The number of likely N-dealkylation sites (N-methyl/N-ethyl adjacent to an activating group) is 1. The monoisotopic (exact) mass is 477 g/mol. The van der Waals surface area contributed by atoms with Gasteiger partial charge in [0.05, 0.1) is 18.8 Å². The van der Waals surface area contributed by atoms with Gasteiger partial charge in [-0.05, 0) is 58.1 Å². The molecule has 1 unspecified atom stereocenters. The highest BCUT2D eigenvalue weighted by Gasteiger charge is 2.25. The number of halogens is 1. The maximum Gasteiger partial charge on any atom is 0.191 e. The van der Waals surface area contributed by atoms with E-state index in [1.54, 1.807) is 6.26 Å². The smallest absolute Gasteiger partial charge is 0.191 e. The number of aliphatic imine (C=N–C) groups is 1. The number of nitrogens with one attached hydrogen (secondary N) is 2. The largest absolute Gasteiger partial charge is 0.468 e. The molecule has 0 radical (unpaired) electrons. The Labute approximate surface area is 175 Å². The summed E-state index contributed by atoms with van der Waals surface area (Å²) in [6, 6.07) is 4.27. The Kier molecular flexibility index (Phi) is 12.0. The molecule has 2 rings (SSSR count). The van der Waals surface area contributed by atoms with Crippen molar-refractivity contribution in [1.29, 1.82) is 0 Å². The number of hydrogen-bond donors (Lipinski definition) is 2. The minimum Gasteiger partial charge on any atom is -0.468 e. The Morgan fingerprint density at radius 2 is 1.96 bits per heavy atom. The van der Waals surface area contributed by atoms with E-state index in [-0.39, 0.29) is 30.0 Å². The molecule has 0 amide bonds. The third kappa shape index (κ3) is 7.44. The van der Waals surface area contributed by atoms with Gasteiger partial charge in [0.2, 0.25) is 0 Å². The first-order chi connectivity index (χ1) is 12.3. The summed E-state index contributed by atoms with van der Waals surface area (Å²) in [5.74, 6) is 1.91. The normalized spacial score (nSPS) is 16.5.